The smallest absolute Gasteiger partial charge is 0.457 e. The summed E-state index contributed by atoms with van der Waals surface area (Å²) in [5.41, 5.74) is 0. The summed E-state index contributed by atoms with van der Waals surface area (Å²) in [7, 11) is 1.63. The molecule has 0 saturated heterocycles. The van der Waals surface area contributed by atoms with Gasteiger partial charge in [-0.2, -0.15) is 0 Å². The van der Waals surface area contributed by atoms with E-state index in [-0.39, 0.29) is 26.2 Å². The van der Waals surface area contributed by atoms with Gasteiger partial charge in [0.05, 0.1) is 34.4 Å². The molecule has 0 saturated carbocycles. The molecule has 0 fully saturated rings. The van der Waals surface area contributed by atoms with Crippen LogP contribution in [0.25, 0.3) is 0 Å². The molecule has 1 N–H and O–H groups in total. The highest BCUT2D eigenvalue weighted by Crippen LogP contribution is 2.43. The SMILES string of the molecule is CC/C=C\C/C=C\C/C=C\CCCCCCOCC(COP(=O)(O)OCC[N+](C)(C)C)OC(=O)CC. The summed E-state index contributed by atoms with van der Waals surface area (Å²) >= 11 is 0. The lowest BCUT2D eigenvalue weighted by molar-refractivity contribution is -0.870. The number of likely N-dealkylation sites (N-methyl/N-ethyl adjacent to an activating group) is 1. The fraction of sp³-hybridized carbons (Fsp3) is 0.741. The molecule has 8 nitrogen and oxygen atoms in total. The predicted molar refractivity (Wildman–Crippen MR) is 146 cm³/mol. The summed E-state index contributed by atoms with van der Waals surface area (Å²) < 4.78 is 33.7. The third-order valence-corrected chi connectivity index (χ3v) is 6.00. The standard InChI is InChI=1S/C27H50NO7P/c1-6-8-9-10-11-12-13-14-15-16-17-18-19-20-22-32-24-26(35-27(29)7-2)25-34-36(30,31)33-23-21-28(3,4)5/h8-9,11-12,14-15,26H,6-7,10,13,16-25H2,1-5H3/p+1/b9-8-,12-11-,15-14-. The second kappa shape index (κ2) is 21.8. The van der Waals surface area contributed by atoms with E-state index in [1.807, 2.05) is 21.1 Å². The summed E-state index contributed by atoms with van der Waals surface area (Å²) in [6, 6.07) is 0. The number of phosphoric ester groups is 1. The fourth-order valence-electron chi connectivity index (χ4n) is 2.89. The zero-order chi connectivity index (χ0) is 27.1. The molecule has 0 aliphatic rings. The Morgan fingerprint density at radius 3 is 2.14 bits per heavy atom. The molecule has 36 heavy (non-hydrogen) atoms. The number of unbranched alkanes of at least 4 members (excludes halogenated alkanes) is 4. The normalized spacial score (nSPS) is 15.2. The predicted octanol–water partition coefficient (Wildman–Crippen LogP) is 5.97. The lowest BCUT2D eigenvalue weighted by Crippen LogP contribution is -2.37. The van der Waals surface area contributed by atoms with Crippen molar-refractivity contribution in [3.63, 3.8) is 0 Å². The molecular weight excluding hydrogens is 481 g/mol. The number of rotatable bonds is 23. The quantitative estimate of drug-likeness (QED) is 0.0570. The topological polar surface area (TPSA) is 91.3 Å². The Kier molecular flexibility index (Phi) is 21.0. The van der Waals surface area contributed by atoms with Crippen molar-refractivity contribution in [2.24, 2.45) is 0 Å². The molecule has 0 aliphatic carbocycles. The van der Waals surface area contributed by atoms with Gasteiger partial charge in [0.25, 0.3) is 0 Å². The molecule has 0 heterocycles. The zero-order valence-electron chi connectivity index (χ0n) is 23.2. The van der Waals surface area contributed by atoms with Crippen molar-refractivity contribution >= 4 is 13.8 Å². The maximum Gasteiger partial charge on any atom is 0.472 e. The minimum atomic E-state index is -4.23. The number of phosphoric acid groups is 1. The number of carbonyl (C=O) groups is 1. The summed E-state index contributed by atoms with van der Waals surface area (Å²) in [4.78, 5) is 21.6. The molecule has 0 aromatic rings. The first-order chi connectivity index (χ1) is 17.1. The number of allylic oxidation sites excluding steroid dienone is 6. The molecule has 2 unspecified atom stereocenters. The van der Waals surface area contributed by atoms with Crippen LogP contribution in [-0.2, 0) is 27.9 Å². The van der Waals surface area contributed by atoms with E-state index >= 15 is 0 Å². The fourth-order valence-corrected chi connectivity index (χ4v) is 3.63. The second-order valence-electron chi connectivity index (χ2n) is 9.65. The number of nitrogens with zero attached hydrogens (tertiary/aromatic N) is 1. The Morgan fingerprint density at radius 1 is 0.861 bits per heavy atom. The third kappa shape index (κ3) is 24.4. The highest BCUT2D eigenvalue weighted by molar-refractivity contribution is 7.47. The molecule has 210 valence electrons. The van der Waals surface area contributed by atoms with E-state index in [4.69, 9.17) is 18.5 Å². The summed E-state index contributed by atoms with van der Waals surface area (Å²) in [6.45, 7) is 4.83. The molecule has 2 atom stereocenters. The number of hydrogen-bond acceptors (Lipinski definition) is 6. The number of esters is 1. The first-order valence-corrected chi connectivity index (χ1v) is 14.7. The van der Waals surface area contributed by atoms with Crippen LogP contribution in [0.1, 0.15) is 71.6 Å². The maximum absolute atomic E-state index is 12.1. The average molecular weight is 533 g/mol. The van der Waals surface area contributed by atoms with Gasteiger partial charge < -0.3 is 18.9 Å². The van der Waals surface area contributed by atoms with Crippen LogP contribution in [0.4, 0.5) is 0 Å². The molecule has 9 heteroatoms. The van der Waals surface area contributed by atoms with Crippen LogP contribution >= 0.6 is 7.82 Å². The average Bonchev–Trinajstić information content (AvgIpc) is 2.81. The number of carbonyl (C=O) groups excluding carboxylic acids is 1. The highest BCUT2D eigenvalue weighted by atomic mass is 31.2. The van der Waals surface area contributed by atoms with Crippen LogP contribution in [0.3, 0.4) is 0 Å². The Labute approximate surface area is 219 Å². The Morgan fingerprint density at radius 2 is 1.50 bits per heavy atom. The zero-order valence-corrected chi connectivity index (χ0v) is 24.1. The Balaban J connectivity index is 4.03. The summed E-state index contributed by atoms with van der Waals surface area (Å²) in [5, 5.41) is 0. The molecule has 0 radical (unpaired) electrons. The minimum Gasteiger partial charge on any atom is -0.457 e. The van der Waals surface area contributed by atoms with E-state index in [0.29, 0.717) is 17.6 Å². The van der Waals surface area contributed by atoms with Crippen molar-refractivity contribution in [3.8, 4) is 0 Å². The molecule has 0 bridgehead atoms. The van der Waals surface area contributed by atoms with Gasteiger partial charge in [-0.1, -0.05) is 63.1 Å². The van der Waals surface area contributed by atoms with Gasteiger partial charge in [-0.05, 0) is 38.5 Å². The third-order valence-electron chi connectivity index (χ3n) is 5.02. The van der Waals surface area contributed by atoms with Crippen LogP contribution in [0.5, 0.6) is 0 Å². The van der Waals surface area contributed by atoms with Crippen molar-refractivity contribution in [3.05, 3.63) is 36.5 Å². The van der Waals surface area contributed by atoms with Crippen LogP contribution in [0.2, 0.25) is 0 Å². The Bertz CT molecular complexity index is 686. The highest BCUT2D eigenvalue weighted by Gasteiger charge is 2.26. The minimum absolute atomic E-state index is 0.0803. The second-order valence-corrected chi connectivity index (χ2v) is 11.1. The van der Waals surface area contributed by atoms with Gasteiger partial charge in [0.1, 0.15) is 19.3 Å². The van der Waals surface area contributed by atoms with Crippen molar-refractivity contribution in [2.45, 2.75) is 77.7 Å². The van der Waals surface area contributed by atoms with Crippen LogP contribution in [0, 0.1) is 0 Å². The van der Waals surface area contributed by atoms with E-state index in [2.05, 4.69) is 43.4 Å². The molecule has 0 aromatic carbocycles. The van der Waals surface area contributed by atoms with Crippen molar-refractivity contribution in [2.75, 3.05) is 54.1 Å². The first-order valence-electron chi connectivity index (χ1n) is 13.2. The van der Waals surface area contributed by atoms with E-state index < -0.39 is 19.9 Å². The molecule has 0 rings (SSSR count). The van der Waals surface area contributed by atoms with Gasteiger partial charge in [-0.3, -0.25) is 13.8 Å². The molecular formula is C27H51NO7P+. The molecule has 0 aromatic heterocycles. The van der Waals surface area contributed by atoms with Crippen molar-refractivity contribution in [1.82, 2.24) is 0 Å². The van der Waals surface area contributed by atoms with Gasteiger partial charge in [0.2, 0.25) is 0 Å². The van der Waals surface area contributed by atoms with Crippen molar-refractivity contribution in [1.29, 1.82) is 0 Å². The Hall–Kier alpha value is -1.28. The molecule has 0 spiro atoms. The number of quaternary nitrogens is 1. The summed E-state index contributed by atoms with van der Waals surface area (Å²) in [6.07, 6.45) is 21.0. The number of ether oxygens (including phenoxy) is 2. The first kappa shape index (κ1) is 34.7. The van der Waals surface area contributed by atoms with Gasteiger partial charge in [-0.15, -0.1) is 0 Å². The lowest BCUT2D eigenvalue weighted by atomic mass is 10.1. The van der Waals surface area contributed by atoms with Crippen LogP contribution < -0.4 is 0 Å². The van der Waals surface area contributed by atoms with Gasteiger partial charge in [0.15, 0.2) is 0 Å². The van der Waals surface area contributed by atoms with Crippen LogP contribution in [0.15, 0.2) is 36.5 Å². The van der Waals surface area contributed by atoms with Crippen molar-refractivity contribution < 1.29 is 37.3 Å². The van der Waals surface area contributed by atoms with Gasteiger partial charge in [-0.25, -0.2) is 4.57 Å². The largest absolute Gasteiger partial charge is 0.472 e. The number of hydrogen-bond donors (Lipinski definition) is 1. The van der Waals surface area contributed by atoms with Crippen LogP contribution in [-0.4, -0.2) is 75.6 Å². The maximum atomic E-state index is 12.1. The monoisotopic (exact) mass is 532 g/mol. The lowest BCUT2D eigenvalue weighted by Gasteiger charge is -2.24. The summed E-state index contributed by atoms with van der Waals surface area (Å²) in [5.74, 6) is -0.414. The molecule has 0 aliphatic heterocycles. The van der Waals surface area contributed by atoms with Gasteiger partial charge in [0, 0.05) is 13.0 Å². The molecule has 0 amide bonds. The van der Waals surface area contributed by atoms with Gasteiger partial charge >= 0.3 is 13.8 Å². The van der Waals surface area contributed by atoms with E-state index in [1.165, 1.54) is 0 Å². The van der Waals surface area contributed by atoms with E-state index in [9.17, 15) is 14.3 Å². The van der Waals surface area contributed by atoms with E-state index in [1.54, 1.807) is 6.92 Å². The van der Waals surface area contributed by atoms with E-state index in [0.717, 1.165) is 51.4 Å².